The number of nitrogens with two attached hydrogens (primary N) is 2. The van der Waals surface area contributed by atoms with Crippen molar-refractivity contribution in [1.29, 1.82) is 0 Å². The molecule has 0 radical (unpaired) electrons. The summed E-state index contributed by atoms with van der Waals surface area (Å²) in [5, 5.41) is 4.16. The van der Waals surface area contributed by atoms with Crippen LogP contribution in [0.4, 0.5) is 10.7 Å². The van der Waals surface area contributed by atoms with Crippen molar-refractivity contribution in [1.82, 2.24) is 0 Å². The van der Waals surface area contributed by atoms with Gasteiger partial charge in [0.05, 0.1) is 17.7 Å². The average molecular weight is 323 g/mol. The van der Waals surface area contributed by atoms with Gasteiger partial charge in [-0.05, 0) is 24.0 Å². The van der Waals surface area contributed by atoms with Gasteiger partial charge >= 0.3 is 0 Å². The third kappa shape index (κ3) is 3.43. The number of rotatable bonds is 6. The fourth-order valence-corrected chi connectivity index (χ4v) is 3.78. The molecule has 21 heavy (non-hydrogen) atoms. The molecule has 0 atom stereocenters. The Kier molecular flexibility index (Phi) is 4.98. The molecule has 2 rings (SSSR count). The molecule has 0 aliphatic rings. The molecule has 0 aliphatic carbocycles. The van der Waals surface area contributed by atoms with Crippen molar-refractivity contribution in [3.05, 3.63) is 34.7 Å². The topological polar surface area (TPSA) is 90.4 Å². The Morgan fingerprint density at radius 2 is 2.24 bits per heavy atom. The lowest BCUT2D eigenvalue weighted by Gasteiger charge is -2.08. The highest BCUT2D eigenvalue weighted by Crippen LogP contribution is 2.41. The number of amides is 1. The Morgan fingerprint density at radius 3 is 2.86 bits per heavy atom. The van der Waals surface area contributed by atoms with Crippen LogP contribution in [0.1, 0.15) is 15.2 Å². The van der Waals surface area contributed by atoms with Gasteiger partial charge in [-0.3, -0.25) is 4.79 Å². The van der Waals surface area contributed by atoms with Crippen LogP contribution in [0.5, 0.6) is 5.75 Å². The Hall–Kier alpha value is -1.86. The van der Waals surface area contributed by atoms with Crippen LogP contribution in [0.3, 0.4) is 0 Å². The molecule has 5 N–H and O–H groups in total. The monoisotopic (exact) mass is 323 g/mol. The minimum absolute atomic E-state index is 0.396. The molecule has 0 aliphatic heterocycles. The first-order valence-corrected chi connectivity index (χ1v) is 8.23. The summed E-state index contributed by atoms with van der Waals surface area (Å²) in [4.78, 5) is 12.6. The molecule has 0 unspecified atom stereocenters. The average Bonchev–Trinajstić information content (AvgIpc) is 2.81. The van der Waals surface area contributed by atoms with E-state index >= 15 is 0 Å². The smallest absolute Gasteiger partial charge is 0.261 e. The van der Waals surface area contributed by atoms with Crippen molar-refractivity contribution in [2.75, 3.05) is 24.4 Å². The van der Waals surface area contributed by atoms with Gasteiger partial charge in [0.15, 0.2) is 0 Å². The summed E-state index contributed by atoms with van der Waals surface area (Å²) in [5.41, 5.74) is 12.8. The van der Waals surface area contributed by atoms with Crippen molar-refractivity contribution in [2.45, 2.75) is 11.4 Å². The number of thioether (sulfide) groups is 1. The molecule has 7 heteroatoms. The van der Waals surface area contributed by atoms with Crippen LogP contribution in [0.25, 0.3) is 0 Å². The predicted molar refractivity (Wildman–Crippen MR) is 89.4 cm³/mol. The largest absolute Gasteiger partial charge is 0.497 e. The number of carbonyl (C=O) groups excluding carboxylic acids is 1. The summed E-state index contributed by atoms with van der Waals surface area (Å²) in [5.74, 6) is 0.310. The van der Waals surface area contributed by atoms with E-state index in [4.69, 9.17) is 16.2 Å². The number of nitrogens with one attached hydrogen (secondary N) is 1. The Bertz CT molecular complexity index is 656. The van der Waals surface area contributed by atoms with Crippen LogP contribution in [0.2, 0.25) is 0 Å². The number of primary amides is 1. The second-order valence-electron chi connectivity index (χ2n) is 4.28. The summed E-state index contributed by atoms with van der Waals surface area (Å²) in [6, 6.07) is 7.78. The number of anilines is 2. The van der Waals surface area contributed by atoms with Gasteiger partial charge in [-0.15, -0.1) is 23.1 Å². The van der Waals surface area contributed by atoms with Crippen LogP contribution in [0, 0.1) is 0 Å². The second kappa shape index (κ2) is 6.73. The lowest BCUT2D eigenvalue weighted by Crippen LogP contribution is -2.10. The zero-order valence-corrected chi connectivity index (χ0v) is 13.4. The normalized spacial score (nSPS) is 10.4. The quantitative estimate of drug-likeness (QED) is 0.711. The number of ether oxygens (including phenoxy) is 1. The van der Waals surface area contributed by atoms with E-state index in [9.17, 15) is 4.79 Å². The van der Waals surface area contributed by atoms with Gasteiger partial charge in [-0.25, -0.2) is 0 Å². The van der Waals surface area contributed by atoms with Gasteiger partial charge in [0.2, 0.25) is 0 Å². The third-order valence-electron chi connectivity index (χ3n) is 2.91. The summed E-state index contributed by atoms with van der Waals surface area (Å²) in [6.45, 7) is 0.614. The van der Waals surface area contributed by atoms with Crippen LogP contribution in [0.15, 0.2) is 29.2 Å². The molecule has 0 fully saturated rings. The van der Waals surface area contributed by atoms with Crippen molar-refractivity contribution in [2.24, 2.45) is 5.73 Å². The predicted octanol–water partition coefficient (Wildman–Crippen LogP) is 2.77. The van der Waals surface area contributed by atoms with Crippen LogP contribution >= 0.6 is 23.1 Å². The molecule has 1 aromatic heterocycles. The number of methoxy groups -OCH3 is 1. The maximum atomic E-state index is 11.4. The lowest BCUT2D eigenvalue weighted by atomic mass is 10.2. The fourth-order valence-electron chi connectivity index (χ4n) is 1.90. The molecule has 5 nitrogen and oxygen atoms in total. The maximum absolute atomic E-state index is 11.4. The number of hydrogen-bond donors (Lipinski definition) is 3. The highest BCUT2D eigenvalue weighted by Gasteiger charge is 2.18. The van der Waals surface area contributed by atoms with E-state index in [1.165, 1.54) is 23.1 Å². The van der Waals surface area contributed by atoms with Crippen molar-refractivity contribution in [3.63, 3.8) is 0 Å². The number of carbonyl (C=O) groups is 1. The minimum atomic E-state index is -0.498. The van der Waals surface area contributed by atoms with Crippen LogP contribution in [-0.2, 0) is 6.54 Å². The van der Waals surface area contributed by atoms with E-state index in [0.717, 1.165) is 21.2 Å². The van der Waals surface area contributed by atoms with E-state index < -0.39 is 5.91 Å². The zero-order chi connectivity index (χ0) is 15.4. The lowest BCUT2D eigenvalue weighted by molar-refractivity contribution is 0.100. The van der Waals surface area contributed by atoms with Gasteiger partial charge in [0, 0.05) is 6.54 Å². The highest BCUT2D eigenvalue weighted by atomic mass is 32.2. The molecule has 0 saturated carbocycles. The summed E-state index contributed by atoms with van der Waals surface area (Å²) in [6.07, 6.45) is 1.92. The maximum Gasteiger partial charge on any atom is 0.261 e. The van der Waals surface area contributed by atoms with Crippen molar-refractivity contribution < 1.29 is 9.53 Å². The van der Waals surface area contributed by atoms with Gasteiger partial charge < -0.3 is 21.5 Å². The SMILES string of the molecule is COc1cccc(CNc2sc(C(N)=O)c(N)c2SC)c1. The Balaban J connectivity index is 2.19. The molecular weight excluding hydrogens is 306 g/mol. The summed E-state index contributed by atoms with van der Waals surface area (Å²) in [7, 11) is 1.64. The highest BCUT2D eigenvalue weighted by molar-refractivity contribution is 7.99. The summed E-state index contributed by atoms with van der Waals surface area (Å²) < 4.78 is 5.20. The molecular formula is C14H17N3O2S2. The zero-order valence-electron chi connectivity index (χ0n) is 11.8. The van der Waals surface area contributed by atoms with Crippen LogP contribution in [-0.4, -0.2) is 19.3 Å². The van der Waals surface area contributed by atoms with Crippen molar-refractivity contribution in [3.8, 4) is 5.75 Å². The Labute approximate surface area is 131 Å². The van der Waals surface area contributed by atoms with Gasteiger partial charge in [0.25, 0.3) is 5.91 Å². The molecule has 112 valence electrons. The molecule has 1 aromatic carbocycles. The number of thiophene rings is 1. The first-order chi connectivity index (χ1) is 10.1. The fraction of sp³-hybridized carbons (Fsp3) is 0.214. The van der Waals surface area contributed by atoms with Gasteiger partial charge in [-0.2, -0.15) is 0 Å². The molecule has 0 spiro atoms. The Morgan fingerprint density at radius 1 is 1.48 bits per heavy atom. The van der Waals surface area contributed by atoms with Crippen molar-refractivity contribution >= 4 is 39.7 Å². The van der Waals surface area contributed by atoms with Crippen LogP contribution < -0.4 is 21.5 Å². The third-order valence-corrected chi connectivity index (χ3v) is 5.05. The van der Waals surface area contributed by atoms with Gasteiger partial charge in [-0.1, -0.05) is 12.1 Å². The molecule has 1 amide bonds. The first-order valence-electron chi connectivity index (χ1n) is 6.19. The first kappa shape index (κ1) is 15.5. The van der Waals surface area contributed by atoms with Gasteiger partial charge in [0.1, 0.15) is 15.6 Å². The molecule has 2 aromatic rings. The number of nitrogen functional groups attached to an aromatic ring is 1. The summed E-state index contributed by atoms with van der Waals surface area (Å²) >= 11 is 2.78. The van der Waals surface area contributed by atoms with E-state index in [0.29, 0.717) is 17.1 Å². The molecule has 1 heterocycles. The van der Waals surface area contributed by atoms with E-state index in [-0.39, 0.29) is 0 Å². The number of hydrogen-bond acceptors (Lipinski definition) is 6. The van der Waals surface area contributed by atoms with E-state index in [2.05, 4.69) is 5.32 Å². The van der Waals surface area contributed by atoms with E-state index in [1.54, 1.807) is 7.11 Å². The molecule has 0 bridgehead atoms. The second-order valence-corrected chi connectivity index (χ2v) is 6.11. The standard InChI is InChI=1S/C14H17N3O2S2/c1-19-9-5-3-4-8(6-9)7-17-14-12(20-2)10(15)11(21-14)13(16)18/h3-6,17H,7,15H2,1-2H3,(H2,16,18). The number of benzene rings is 1. The minimum Gasteiger partial charge on any atom is -0.497 e. The van der Waals surface area contributed by atoms with E-state index in [1.807, 2.05) is 30.5 Å². The molecule has 0 saturated heterocycles.